The van der Waals surface area contributed by atoms with E-state index in [-0.39, 0.29) is 10.5 Å². The molecule has 0 bridgehead atoms. The molecule has 2 heterocycles. The molecule has 1 aliphatic carbocycles. The molecule has 0 radical (unpaired) electrons. The van der Waals surface area contributed by atoms with Gasteiger partial charge in [-0.3, -0.25) is 9.89 Å². The Balaban J connectivity index is 1.83. The van der Waals surface area contributed by atoms with Crippen LogP contribution in [0.3, 0.4) is 0 Å². The molecule has 0 saturated heterocycles. The molecule has 136 valence electrons. The second kappa shape index (κ2) is 6.21. The van der Waals surface area contributed by atoms with E-state index in [2.05, 4.69) is 16.2 Å². The van der Waals surface area contributed by atoms with Gasteiger partial charge >= 0.3 is 0 Å². The fraction of sp³-hybridized carbons (Fsp3) is 0.211. The summed E-state index contributed by atoms with van der Waals surface area (Å²) in [5.74, 6) is 0.620. The molecule has 0 unspecified atom stereocenters. The molecular weight excluding hydrogens is 364 g/mol. The van der Waals surface area contributed by atoms with Crippen LogP contribution in [0.2, 0.25) is 0 Å². The zero-order valence-electron chi connectivity index (χ0n) is 14.5. The standard InChI is InChI=1S/C19H16N4O3S/c1-27(25,26)15-8-9-16(21-11-15)23-19(24)17(18(22-23)14-6-7-14)13-4-2-12(10-20)3-5-13/h2-5,8-9,11,14,22H,6-7H2,1H3. The third-order valence-electron chi connectivity index (χ3n) is 4.58. The topological polar surface area (TPSA) is 109 Å². The smallest absolute Gasteiger partial charge is 0.280 e. The molecule has 2 aromatic heterocycles. The minimum absolute atomic E-state index is 0.0978. The Morgan fingerprint density at radius 3 is 2.41 bits per heavy atom. The molecule has 7 nitrogen and oxygen atoms in total. The number of nitrogens with one attached hydrogen (secondary N) is 1. The highest BCUT2D eigenvalue weighted by molar-refractivity contribution is 7.90. The van der Waals surface area contributed by atoms with Gasteiger partial charge in [-0.1, -0.05) is 12.1 Å². The van der Waals surface area contributed by atoms with Crippen molar-refractivity contribution in [3.63, 3.8) is 0 Å². The maximum atomic E-state index is 13.1. The highest BCUT2D eigenvalue weighted by Crippen LogP contribution is 2.42. The number of rotatable bonds is 4. The predicted octanol–water partition coefficient (Wildman–Crippen LogP) is 2.38. The van der Waals surface area contributed by atoms with Gasteiger partial charge in [0.05, 0.1) is 22.1 Å². The van der Waals surface area contributed by atoms with Crippen molar-refractivity contribution in [3.8, 4) is 23.0 Å². The van der Waals surface area contributed by atoms with Crippen LogP contribution in [0.4, 0.5) is 0 Å². The molecule has 4 rings (SSSR count). The van der Waals surface area contributed by atoms with Crippen LogP contribution in [-0.2, 0) is 9.84 Å². The highest BCUT2D eigenvalue weighted by atomic mass is 32.2. The fourth-order valence-electron chi connectivity index (χ4n) is 3.00. The van der Waals surface area contributed by atoms with E-state index in [4.69, 9.17) is 5.26 Å². The van der Waals surface area contributed by atoms with Crippen molar-refractivity contribution in [1.29, 1.82) is 5.26 Å². The SMILES string of the molecule is CS(=O)(=O)c1ccc(-n2[nH]c(C3CC3)c(-c3ccc(C#N)cc3)c2=O)nc1. The molecule has 27 heavy (non-hydrogen) atoms. The van der Waals surface area contributed by atoms with Crippen molar-refractivity contribution in [2.45, 2.75) is 23.7 Å². The number of hydrogen-bond donors (Lipinski definition) is 1. The summed E-state index contributed by atoms with van der Waals surface area (Å²) in [6, 6.07) is 11.9. The summed E-state index contributed by atoms with van der Waals surface area (Å²) in [5, 5.41) is 12.1. The number of benzene rings is 1. The molecule has 8 heteroatoms. The van der Waals surface area contributed by atoms with Crippen LogP contribution in [0.5, 0.6) is 0 Å². The van der Waals surface area contributed by atoms with Crippen molar-refractivity contribution >= 4 is 9.84 Å². The second-order valence-corrected chi connectivity index (χ2v) is 8.64. The zero-order valence-corrected chi connectivity index (χ0v) is 15.3. The Morgan fingerprint density at radius 2 is 1.89 bits per heavy atom. The Bertz CT molecular complexity index is 1210. The van der Waals surface area contributed by atoms with E-state index in [1.54, 1.807) is 24.3 Å². The van der Waals surface area contributed by atoms with Crippen LogP contribution >= 0.6 is 0 Å². The fourth-order valence-corrected chi connectivity index (χ4v) is 3.56. The Hall–Kier alpha value is -3.18. The summed E-state index contributed by atoms with van der Waals surface area (Å²) in [4.78, 5) is 17.3. The molecule has 1 aliphatic rings. The maximum absolute atomic E-state index is 13.1. The lowest BCUT2D eigenvalue weighted by Crippen LogP contribution is -2.17. The number of pyridine rings is 1. The number of nitrogens with zero attached hydrogens (tertiary/aromatic N) is 3. The first kappa shape index (κ1) is 17.2. The molecular formula is C19H16N4O3S. The number of aromatic nitrogens is 3. The lowest BCUT2D eigenvalue weighted by Gasteiger charge is -2.02. The monoisotopic (exact) mass is 380 g/mol. The first-order valence-corrected chi connectivity index (χ1v) is 10.3. The summed E-state index contributed by atoms with van der Waals surface area (Å²) >= 11 is 0. The molecule has 0 spiro atoms. The van der Waals surface area contributed by atoms with Gasteiger partial charge in [0.2, 0.25) is 0 Å². The average molecular weight is 380 g/mol. The zero-order chi connectivity index (χ0) is 19.2. The predicted molar refractivity (Wildman–Crippen MR) is 99.4 cm³/mol. The van der Waals surface area contributed by atoms with Gasteiger partial charge in [-0.15, -0.1) is 0 Å². The Morgan fingerprint density at radius 1 is 1.19 bits per heavy atom. The van der Waals surface area contributed by atoms with Crippen LogP contribution in [0, 0.1) is 11.3 Å². The quantitative estimate of drug-likeness (QED) is 0.747. The van der Waals surface area contributed by atoms with Crippen LogP contribution in [0.15, 0.2) is 52.3 Å². The highest BCUT2D eigenvalue weighted by Gasteiger charge is 2.31. The van der Waals surface area contributed by atoms with Crippen molar-refractivity contribution < 1.29 is 8.42 Å². The first-order chi connectivity index (χ1) is 12.9. The van der Waals surface area contributed by atoms with Gasteiger partial charge in [-0.05, 0) is 42.7 Å². The van der Waals surface area contributed by atoms with Gasteiger partial charge in [0, 0.05) is 24.1 Å². The molecule has 1 fully saturated rings. The Labute approximate surface area is 155 Å². The van der Waals surface area contributed by atoms with Crippen molar-refractivity contribution in [3.05, 3.63) is 64.2 Å². The molecule has 0 atom stereocenters. The molecule has 1 saturated carbocycles. The van der Waals surface area contributed by atoms with E-state index in [1.165, 1.54) is 23.0 Å². The normalized spacial score (nSPS) is 14.1. The molecule has 1 N–H and O–H groups in total. The molecule has 0 amide bonds. The minimum atomic E-state index is -3.35. The molecule has 0 aliphatic heterocycles. The summed E-state index contributed by atoms with van der Waals surface area (Å²) in [5.41, 5.74) is 2.43. The van der Waals surface area contributed by atoms with Crippen LogP contribution in [0.25, 0.3) is 16.9 Å². The largest absolute Gasteiger partial charge is 0.293 e. The van der Waals surface area contributed by atoms with Crippen LogP contribution < -0.4 is 5.56 Å². The van der Waals surface area contributed by atoms with E-state index >= 15 is 0 Å². The molecule has 3 aromatic rings. The minimum Gasteiger partial charge on any atom is -0.293 e. The van der Waals surface area contributed by atoms with Gasteiger partial charge in [0.1, 0.15) is 0 Å². The molecule has 1 aromatic carbocycles. The number of H-pyrrole nitrogens is 1. The lowest BCUT2D eigenvalue weighted by atomic mass is 10.0. The van der Waals surface area contributed by atoms with Crippen molar-refractivity contribution in [1.82, 2.24) is 14.8 Å². The van der Waals surface area contributed by atoms with E-state index in [0.717, 1.165) is 30.4 Å². The van der Waals surface area contributed by atoms with Gasteiger partial charge in [0.25, 0.3) is 5.56 Å². The second-order valence-electron chi connectivity index (χ2n) is 6.63. The third-order valence-corrected chi connectivity index (χ3v) is 5.68. The van der Waals surface area contributed by atoms with E-state index in [0.29, 0.717) is 22.9 Å². The summed E-state index contributed by atoms with van der Waals surface area (Å²) in [7, 11) is -3.35. The summed E-state index contributed by atoms with van der Waals surface area (Å²) < 4.78 is 24.5. The lowest BCUT2D eigenvalue weighted by molar-refractivity contribution is 0.601. The number of aromatic amines is 1. The van der Waals surface area contributed by atoms with E-state index in [1.807, 2.05) is 0 Å². The van der Waals surface area contributed by atoms with Crippen LogP contribution in [0.1, 0.15) is 30.0 Å². The van der Waals surface area contributed by atoms with Gasteiger partial charge in [-0.25, -0.2) is 18.1 Å². The average Bonchev–Trinajstić information content (AvgIpc) is 3.44. The Kier molecular flexibility index (Phi) is 3.97. The van der Waals surface area contributed by atoms with Crippen LogP contribution in [-0.4, -0.2) is 29.4 Å². The number of hydrogen-bond acceptors (Lipinski definition) is 5. The van der Waals surface area contributed by atoms with Gasteiger partial charge in [0.15, 0.2) is 15.7 Å². The summed E-state index contributed by atoms with van der Waals surface area (Å²) in [6.07, 6.45) is 4.36. The number of nitriles is 1. The van der Waals surface area contributed by atoms with E-state index < -0.39 is 9.84 Å². The first-order valence-electron chi connectivity index (χ1n) is 8.40. The van der Waals surface area contributed by atoms with Gasteiger partial charge in [-0.2, -0.15) is 5.26 Å². The number of sulfone groups is 1. The third kappa shape index (κ3) is 3.17. The maximum Gasteiger partial charge on any atom is 0.280 e. The van der Waals surface area contributed by atoms with Gasteiger partial charge < -0.3 is 0 Å². The summed E-state index contributed by atoms with van der Waals surface area (Å²) in [6.45, 7) is 0. The van der Waals surface area contributed by atoms with Crippen molar-refractivity contribution in [2.75, 3.05) is 6.26 Å². The van der Waals surface area contributed by atoms with E-state index in [9.17, 15) is 13.2 Å². The van der Waals surface area contributed by atoms with Crippen molar-refractivity contribution in [2.24, 2.45) is 0 Å².